The minimum absolute atomic E-state index is 0.0119. The van der Waals surface area contributed by atoms with Crippen LogP contribution in [-0.4, -0.2) is 24.0 Å². The van der Waals surface area contributed by atoms with Gasteiger partial charge >= 0.3 is 5.97 Å². The highest BCUT2D eigenvalue weighted by Gasteiger charge is 2.29. The summed E-state index contributed by atoms with van der Waals surface area (Å²) in [6, 6.07) is 6.32. The second-order valence-corrected chi connectivity index (χ2v) is 4.73. The van der Waals surface area contributed by atoms with Crippen molar-refractivity contribution in [1.82, 2.24) is 0 Å². The van der Waals surface area contributed by atoms with E-state index in [1.165, 1.54) is 6.07 Å². The van der Waals surface area contributed by atoms with E-state index in [0.717, 1.165) is 0 Å². The first-order valence-electron chi connectivity index (χ1n) is 6.03. The van der Waals surface area contributed by atoms with Gasteiger partial charge in [-0.2, -0.15) is 0 Å². The van der Waals surface area contributed by atoms with E-state index in [9.17, 15) is 14.9 Å². The average molecular weight is 266 g/mol. The van der Waals surface area contributed by atoms with Crippen LogP contribution < -0.4 is 5.32 Å². The number of nitrogens with zero attached hydrogens (tertiary/aromatic N) is 1. The van der Waals surface area contributed by atoms with Crippen molar-refractivity contribution in [3.05, 3.63) is 34.4 Å². The molecule has 0 unspecified atom stereocenters. The largest absolute Gasteiger partial charge is 0.466 e. The molecule has 0 aliphatic rings. The maximum atomic E-state index is 11.7. The van der Waals surface area contributed by atoms with Crippen LogP contribution in [0.2, 0.25) is 0 Å². The normalized spacial score (nSPS) is 10.9. The second-order valence-electron chi connectivity index (χ2n) is 4.73. The molecule has 0 aliphatic heterocycles. The summed E-state index contributed by atoms with van der Waals surface area (Å²) in [7, 11) is 0. The van der Waals surface area contributed by atoms with Gasteiger partial charge in [0.05, 0.1) is 16.9 Å². The van der Waals surface area contributed by atoms with Gasteiger partial charge in [0.1, 0.15) is 5.69 Å². The van der Waals surface area contributed by atoms with Crippen molar-refractivity contribution in [2.24, 2.45) is 5.41 Å². The molecule has 104 valence electrons. The van der Waals surface area contributed by atoms with Crippen LogP contribution in [0.4, 0.5) is 11.4 Å². The van der Waals surface area contributed by atoms with Gasteiger partial charge in [0, 0.05) is 12.6 Å². The Balaban J connectivity index is 2.77. The molecule has 0 heterocycles. The number of para-hydroxylation sites is 2. The molecule has 6 nitrogen and oxygen atoms in total. The molecule has 0 bridgehead atoms. The SMILES string of the molecule is CCOC(=O)C(C)(C)CNc1ccccc1[N+](=O)[O-]. The summed E-state index contributed by atoms with van der Waals surface area (Å²) in [5.74, 6) is -0.332. The molecular formula is C13H18N2O4. The Labute approximate surface area is 111 Å². The lowest BCUT2D eigenvalue weighted by Crippen LogP contribution is -2.33. The van der Waals surface area contributed by atoms with E-state index in [2.05, 4.69) is 5.32 Å². The predicted octanol–water partition coefficient (Wildman–Crippen LogP) is 2.60. The van der Waals surface area contributed by atoms with E-state index in [-0.39, 0.29) is 18.2 Å². The van der Waals surface area contributed by atoms with Gasteiger partial charge in [0.2, 0.25) is 0 Å². The van der Waals surface area contributed by atoms with Crippen LogP contribution in [0.3, 0.4) is 0 Å². The van der Waals surface area contributed by atoms with Gasteiger partial charge in [0.15, 0.2) is 0 Å². The molecule has 6 heteroatoms. The number of hydrogen-bond donors (Lipinski definition) is 1. The van der Waals surface area contributed by atoms with Gasteiger partial charge < -0.3 is 10.1 Å². The molecule has 0 aromatic heterocycles. The Morgan fingerprint density at radius 2 is 2.05 bits per heavy atom. The monoisotopic (exact) mass is 266 g/mol. The summed E-state index contributed by atoms with van der Waals surface area (Å²) in [4.78, 5) is 22.1. The first-order valence-corrected chi connectivity index (χ1v) is 6.03. The van der Waals surface area contributed by atoms with Crippen LogP contribution in [0.15, 0.2) is 24.3 Å². The third-order valence-corrected chi connectivity index (χ3v) is 2.65. The van der Waals surface area contributed by atoms with Crippen molar-refractivity contribution in [3.63, 3.8) is 0 Å². The molecule has 1 N–H and O–H groups in total. The van der Waals surface area contributed by atoms with E-state index >= 15 is 0 Å². The minimum Gasteiger partial charge on any atom is -0.466 e. The number of rotatable bonds is 6. The molecule has 0 amide bonds. The number of ether oxygens (including phenoxy) is 1. The fourth-order valence-electron chi connectivity index (χ4n) is 1.50. The number of anilines is 1. The van der Waals surface area contributed by atoms with Crippen molar-refractivity contribution >= 4 is 17.3 Å². The maximum Gasteiger partial charge on any atom is 0.313 e. The number of carbonyl (C=O) groups is 1. The van der Waals surface area contributed by atoms with Crippen molar-refractivity contribution in [2.75, 3.05) is 18.5 Å². The third kappa shape index (κ3) is 3.94. The first-order chi connectivity index (χ1) is 8.88. The number of nitro benzene ring substituents is 1. The lowest BCUT2D eigenvalue weighted by Gasteiger charge is -2.23. The van der Waals surface area contributed by atoms with E-state index < -0.39 is 10.3 Å². The van der Waals surface area contributed by atoms with Crippen LogP contribution in [0.1, 0.15) is 20.8 Å². The Hall–Kier alpha value is -2.11. The number of benzene rings is 1. The summed E-state index contributed by atoms with van der Waals surface area (Å²) in [6.07, 6.45) is 0. The van der Waals surface area contributed by atoms with E-state index in [4.69, 9.17) is 4.74 Å². The molecule has 0 saturated heterocycles. The number of nitro groups is 1. The maximum absolute atomic E-state index is 11.7. The second kappa shape index (κ2) is 6.17. The number of esters is 1. The summed E-state index contributed by atoms with van der Waals surface area (Å²) in [5.41, 5.74) is -0.369. The summed E-state index contributed by atoms with van der Waals surface area (Å²) in [6.45, 7) is 5.77. The van der Waals surface area contributed by atoms with Gasteiger partial charge in [0.25, 0.3) is 5.69 Å². The fourth-order valence-corrected chi connectivity index (χ4v) is 1.50. The Bertz CT molecular complexity index is 471. The van der Waals surface area contributed by atoms with Crippen LogP contribution in [0.5, 0.6) is 0 Å². The highest BCUT2D eigenvalue weighted by atomic mass is 16.6. The molecule has 1 rings (SSSR count). The summed E-state index contributed by atoms with van der Waals surface area (Å²) >= 11 is 0. The summed E-state index contributed by atoms with van der Waals surface area (Å²) < 4.78 is 4.96. The van der Waals surface area contributed by atoms with Gasteiger partial charge in [-0.1, -0.05) is 12.1 Å². The zero-order valence-electron chi connectivity index (χ0n) is 11.3. The molecule has 0 radical (unpaired) electrons. The Morgan fingerprint density at radius 1 is 1.42 bits per heavy atom. The van der Waals surface area contributed by atoms with Crippen LogP contribution >= 0.6 is 0 Å². The fraction of sp³-hybridized carbons (Fsp3) is 0.462. The highest BCUT2D eigenvalue weighted by Crippen LogP contribution is 2.25. The quantitative estimate of drug-likeness (QED) is 0.486. The molecule has 0 fully saturated rings. The van der Waals surface area contributed by atoms with Crippen molar-refractivity contribution in [1.29, 1.82) is 0 Å². The van der Waals surface area contributed by atoms with Gasteiger partial charge in [-0.15, -0.1) is 0 Å². The predicted molar refractivity (Wildman–Crippen MR) is 72.0 cm³/mol. The van der Waals surface area contributed by atoms with Crippen LogP contribution in [-0.2, 0) is 9.53 Å². The molecule has 0 saturated carbocycles. The number of nitrogens with one attached hydrogen (secondary N) is 1. The highest BCUT2D eigenvalue weighted by molar-refractivity contribution is 5.77. The van der Waals surface area contributed by atoms with E-state index in [1.54, 1.807) is 39.0 Å². The third-order valence-electron chi connectivity index (χ3n) is 2.65. The van der Waals surface area contributed by atoms with Gasteiger partial charge in [-0.25, -0.2) is 0 Å². The lowest BCUT2D eigenvalue weighted by molar-refractivity contribution is -0.384. The van der Waals surface area contributed by atoms with Crippen molar-refractivity contribution < 1.29 is 14.5 Å². The Morgan fingerprint density at radius 3 is 2.63 bits per heavy atom. The summed E-state index contributed by atoms with van der Waals surface area (Å²) in [5, 5.41) is 13.8. The first kappa shape index (κ1) is 14.9. The van der Waals surface area contributed by atoms with E-state index in [1.807, 2.05) is 0 Å². The topological polar surface area (TPSA) is 81.5 Å². The van der Waals surface area contributed by atoms with Crippen LogP contribution in [0.25, 0.3) is 0 Å². The van der Waals surface area contributed by atoms with Gasteiger partial charge in [-0.3, -0.25) is 14.9 Å². The number of carbonyl (C=O) groups excluding carboxylic acids is 1. The standard InChI is InChI=1S/C13H18N2O4/c1-4-19-12(16)13(2,3)9-14-10-7-5-6-8-11(10)15(17)18/h5-8,14H,4,9H2,1-3H3. The minimum atomic E-state index is -0.750. The molecular weight excluding hydrogens is 248 g/mol. The molecule has 0 spiro atoms. The van der Waals surface area contributed by atoms with Crippen molar-refractivity contribution in [2.45, 2.75) is 20.8 Å². The molecule has 1 aromatic carbocycles. The lowest BCUT2D eigenvalue weighted by atomic mass is 9.93. The Kier molecular flexibility index (Phi) is 4.86. The van der Waals surface area contributed by atoms with Crippen molar-refractivity contribution in [3.8, 4) is 0 Å². The van der Waals surface area contributed by atoms with Gasteiger partial charge in [-0.05, 0) is 26.8 Å². The molecule has 19 heavy (non-hydrogen) atoms. The zero-order valence-corrected chi connectivity index (χ0v) is 11.3. The number of hydrogen-bond acceptors (Lipinski definition) is 5. The molecule has 0 atom stereocenters. The molecule has 0 aliphatic carbocycles. The zero-order chi connectivity index (χ0) is 14.5. The smallest absolute Gasteiger partial charge is 0.313 e. The average Bonchev–Trinajstić information content (AvgIpc) is 2.37. The van der Waals surface area contributed by atoms with Crippen LogP contribution in [0, 0.1) is 15.5 Å². The molecule has 1 aromatic rings. The van der Waals surface area contributed by atoms with E-state index in [0.29, 0.717) is 12.3 Å².